The molecule has 0 radical (unpaired) electrons. The Morgan fingerprint density at radius 3 is 2.27 bits per heavy atom. The lowest BCUT2D eigenvalue weighted by Crippen LogP contribution is -2.13. The highest BCUT2D eigenvalue weighted by Crippen LogP contribution is 2.35. The molecule has 1 heterocycles. The van der Waals surface area contributed by atoms with Crippen molar-refractivity contribution in [1.29, 1.82) is 0 Å². The topological polar surface area (TPSA) is 75.0 Å². The van der Waals surface area contributed by atoms with Gasteiger partial charge in [-0.05, 0) is 35.9 Å². The van der Waals surface area contributed by atoms with Crippen LogP contribution in [0.3, 0.4) is 0 Å². The van der Waals surface area contributed by atoms with Crippen molar-refractivity contribution < 1.29 is 23.4 Å². The van der Waals surface area contributed by atoms with E-state index in [2.05, 4.69) is 0 Å². The Bertz CT molecular complexity index is 1270. The van der Waals surface area contributed by atoms with Crippen LogP contribution in [0.4, 0.5) is 0 Å². The van der Waals surface area contributed by atoms with Gasteiger partial charge in [0.05, 0.1) is 25.2 Å². The molecule has 0 bridgehead atoms. The summed E-state index contributed by atoms with van der Waals surface area (Å²) in [7, 11) is 2.99. The van der Waals surface area contributed by atoms with Crippen molar-refractivity contribution in [2.75, 3.05) is 14.2 Å². The molecule has 0 aliphatic rings. The molecule has 0 fully saturated rings. The van der Waals surface area contributed by atoms with Gasteiger partial charge in [-0.2, -0.15) is 0 Å². The second kappa shape index (κ2) is 8.13. The highest BCUT2D eigenvalue weighted by Gasteiger charge is 2.21. The lowest BCUT2D eigenvalue weighted by molar-refractivity contribution is 0.0737. The number of ether oxygens (including phenoxy) is 3. The number of carbonyl (C=O) groups is 1. The van der Waals surface area contributed by atoms with E-state index in [1.165, 1.54) is 20.3 Å². The molecule has 0 unspecified atom stereocenters. The Kier molecular flexibility index (Phi) is 5.22. The van der Waals surface area contributed by atoms with Crippen LogP contribution in [0, 0.1) is 0 Å². The van der Waals surface area contributed by atoms with Crippen LogP contribution >= 0.6 is 0 Å². The number of esters is 1. The zero-order valence-electron chi connectivity index (χ0n) is 16.4. The minimum Gasteiger partial charge on any atom is -0.493 e. The second-order valence-electron chi connectivity index (χ2n) is 6.42. The first kappa shape index (κ1) is 19.3. The molecular formula is C24H18O6. The predicted molar refractivity (Wildman–Crippen MR) is 112 cm³/mol. The molecule has 0 saturated carbocycles. The van der Waals surface area contributed by atoms with Gasteiger partial charge in [0.25, 0.3) is 0 Å². The quantitative estimate of drug-likeness (QED) is 0.356. The van der Waals surface area contributed by atoms with E-state index in [0.717, 1.165) is 0 Å². The fraction of sp³-hybridized carbons (Fsp3) is 0.0833. The smallest absolute Gasteiger partial charge is 0.348 e. The molecule has 4 rings (SSSR count). The average molecular weight is 402 g/mol. The van der Waals surface area contributed by atoms with Gasteiger partial charge in [-0.1, -0.05) is 42.5 Å². The maximum atomic E-state index is 13.0. The molecule has 4 aromatic rings. The van der Waals surface area contributed by atoms with Gasteiger partial charge >= 0.3 is 11.6 Å². The number of benzene rings is 3. The number of para-hydroxylation sites is 1. The van der Waals surface area contributed by atoms with Crippen molar-refractivity contribution in [3.63, 3.8) is 0 Å². The highest BCUT2D eigenvalue weighted by molar-refractivity contribution is 5.98. The summed E-state index contributed by atoms with van der Waals surface area (Å²) in [5.41, 5.74) is 0.770. The number of rotatable bonds is 5. The highest BCUT2D eigenvalue weighted by atomic mass is 16.5. The van der Waals surface area contributed by atoms with Crippen LogP contribution < -0.4 is 19.8 Å². The molecule has 6 nitrogen and oxygen atoms in total. The SMILES string of the molecule is COc1ccc(C(=O)Oc2c(-c3ccccc3)c(=O)oc3ccccc23)cc1OC. The zero-order valence-corrected chi connectivity index (χ0v) is 16.4. The molecule has 0 amide bonds. The Morgan fingerprint density at radius 2 is 1.53 bits per heavy atom. The summed E-state index contributed by atoms with van der Waals surface area (Å²) in [5, 5.41) is 0.518. The third-order valence-corrected chi connectivity index (χ3v) is 4.64. The first-order valence-electron chi connectivity index (χ1n) is 9.18. The van der Waals surface area contributed by atoms with Gasteiger partial charge in [-0.15, -0.1) is 0 Å². The Labute approximate surface area is 172 Å². The van der Waals surface area contributed by atoms with Crippen molar-refractivity contribution in [2.24, 2.45) is 0 Å². The molecule has 3 aromatic carbocycles. The fourth-order valence-electron chi connectivity index (χ4n) is 3.20. The number of hydrogen-bond acceptors (Lipinski definition) is 6. The number of methoxy groups -OCH3 is 2. The number of hydrogen-bond donors (Lipinski definition) is 0. The van der Waals surface area contributed by atoms with Crippen LogP contribution in [0.2, 0.25) is 0 Å². The van der Waals surface area contributed by atoms with E-state index < -0.39 is 11.6 Å². The molecule has 6 heteroatoms. The van der Waals surface area contributed by atoms with E-state index in [1.54, 1.807) is 60.7 Å². The summed E-state index contributed by atoms with van der Waals surface area (Å²) >= 11 is 0. The largest absolute Gasteiger partial charge is 0.493 e. The molecule has 0 spiro atoms. The Balaban J connectivity index is 1.86. The maximum absolute atomic E-state index is 13.0. The molecule has 0 aliphatic heterocycles. The second-order valence-corrected chi connectivity index (χ2v) is 6.42. The van der Waals surface area contributed by atoms with Crippen LogP contribution in [-0.4, -0.2) is 20.2 Å². The monoisotopic (exact) mass is 402 g/mol. The van der Waals surface area contributed by atoms with Crippen molar-refractivity contribution in [3.8, 4) is 28.4 Å². The standard InChI is InChI=1S/C24H18O6/c1-27-19-13-12-16(14-20(19)28-2)23(25)30-22-17-10-6-7-11-18(17)29-24(26)21(22)15-8-4-3-5-9-15/h3-14H,1-2H3. The fourth-order valence-corrected chi connectivity index (χ4v) is 3.20. The lowest BCUT2D eigenvalue weighted by atomic mass is 10.0. The van der Waals surface area contributed by atoms with Gasteiger partial charge in [0.15, 0.2) is 17.2 Å². The third kappa shape index (κ3) is 3.51. The molecule has 0 N–H and O–H groups in total. The summed E-state index contributed by atoms with van der Waals surface area (Å²) in [4.78, 5) is 25.7. The Hall–Kier alpha value is -4.06. The van der Waals surface area contributed by atoms with Gasteiger partial charge in [0.1, 0.15) is 11.1 Å². The van der Waals surface area contributed by atoms with Crippen LogP contribution in [0.15, 0.2) is 82.0 Å². The van der Waals surface area contributed by atoms with Crippen molar-refractivity contribution in [3.05, 3.63) is 88.8 Å². The third-order valence-electron chi connectivity index (χ3n) is 4.64. The minimum atomic E-state index is -0.635. The summed E-state index contributed by atoms with van der Waals surface area (Å²) in [6.45, 7) is 0. The van der Waals surface area contributed by atoms with Gasteiger partial charge in [0, 0.05) is 0 Å². The van der Waals surface area contributed by atoms with E-state index in [-0.39, 0.29) is 16.9 Å². The lowest BCUT2D eigenvalue weighted by Gasteiger charge is -2.13. The van der Waals surface area contributed by atoms with Gasteiger partial charge in [-0.3, -0.25) is 0 Å². The van der Waals surface area contributed by atoms with Crippen LogP contribution in [0.5, 0.6) is 17.2 Å². The molecule has 0 aliphatic carbocycles. The first-order chi connectivity index (χ1) is 14.6. The van der Waals surface area contributed by atoms with Crippen LogP contribution in [0.25, 0.3) is 22.1 Å². The molecule has 30 heavy (non-hydrogen) atoms. The van der Waals surface area contributed by atoms with Gasteiger partial charge in [0.2, 0.25) is 0 Å². The normalized spacial score (nSPS) is 10.6. The van der Waals surface area contributed by atoms with E-state index in [4.69, 9.17) is 18.6 Å². The molecule has 0 atom stereocenters. The molecular weight excluding hydrogens is 384 g/mol. The number of fused-ring (bicyclic) bond motifs is 1. The molecule has 0 saturated heterocycles. The average Bonchev–Trinajstić information content (AvgIpc) is 2.79. The predicted octanol–water partition coefficient (Wildman–Crippen LogP) is 4.70. The van der Waals surface area contributed by atoms with Crippen LogP contribution in [-0.2, 0) is 0 Å². The van der Waals surface area contributed by atoms with E-state index in [0.29, 0.717) is 28.0 Å². The van der Waals surface area contributed by atoms with E-state index in [9.17, 15) is 9.59 Å². The summed E-state index contributed by atoms with van der Waals surface area (Å²) in [6.07, 6.45) is 0. The van der Waals surface area contributed by atoms with E-state index in [1.807, 2.05) is 6.07 Å². The van der Waals surface area contributed by atoms with E-state index >= 15 is 0 Å². The Morgan fingerprint density at radius 1 is 0.833 bits per heavy atom. The van der Waals surface area contributed by atoms with Crippen molar-refractivity contribution in [2.45, 2.75) is 0 Å². The van der Waals surface area contributed by atoms with Crippen LogP contribution in [0.1, 0.15) is 10.4 Å². The van der Waals surface area contributed by atoms with Gasteiger partial charge in [-0.25, -0.2) is 9.59 Å². The molecule has 150 valence electrons. The van der Waals surface area contributed by atoms with Crippen molar-refractivity contribution in [1.82, 2.24) is 0 Å². The summed E-state index contributed by atoms with van der Waals surface area (Å²) < 4.78 is 21.7. The zero-order chi connectivity index (χ0) is 21.1. The molecule has 1 aromatic heterocycles. The van der Waals surface area contributed by atoms with Gasteiger partial charge < -0.3 is 18.6 Å². The van der Waals surface area contributed by atoms with Crippen molar-refractivity contribution >= 4 is 16.9 Å². The maximum Gasteiger partial charge on any atom is 0.348 e. The summed E-state index contributed by atoms with van der Waals surface area (Å²) in [5.74, 6) is 0.397. The summed E-state index contributed by atoms with van der Waals surface area (Å²) in [6, 6.07) is 20.6. The first-order valence-corrected chi connectivity index (χ1v) is 9.18. The minimum absolute atomic E-state index is 0.146. The number of carbonyl (C=O) groups excluding carboxylic acids is 1.